The normalized spacial score (nSPS) is 21.3. The lowest BCUT2D eigenvalue weighted by Gasteiger charge is -2.41. The second-order valence-corrected chi connectivity index (χ2v) is 9.92. The van der Waals surface area contributed by atoms with Crippen LogP contribution in [-0.4, -0.2) is 65.9 Å². The first kappa shape index (κ1) is 25.8. The molecule has 2 aliphatic rings. The van der Waals surface area contributed by atoms with Crippen molar-refractivity contribution >= 4 is 16.6 Å². The van der Waals surface area contributed by atoms with Crippen molar-refractivity contribution in [2.24, 2.45) is 0 Å². The number of nitrogens with one attached hydrogen (secondary N) is 2. The fraction of sp³-hybridized carbons (Fsp3) is 0.462. The first-order valence-corrected chi connectivity index (χ1v) is 12.2. The number of likely N-dealkylation sites (tertiary alicyclic amines) is 1. The minimum atomic E-state index is -4.62. The van der Waals surface area contributed by atoms with Gasteiger partial charge in [0.2, 0.25) is 0 Å². The van der Waals surface area contributed by atoms with Crippen molar-refractivity contribution in [2.75, 3.05) is 38.2 Å². The van der Waals surface area contributed by atoms with E-state index in [-0.39, 0.29) is 29.2 Å². The second-order valence-electron chi connectivity index (χ2n) is 9.92. The van der Waals surface area contributed by atoms with Crippen LogP contribution in [0.3, 0.4) is 0 Å². The standard InChI is InChI=1S/C26H27F7N4/c1-14-8-17-22-18(28)4-2-5-21(22)35-24(17)25(37(14)13-26(31,32)33)23-19(29)9-15(10-20(23)30)34-16-11-36(12-16)7-3-6-27/h2,4-5,9-10,14,16,25,34-35H,3,6-8,11-13H2,1H3/t14-,25-/m1/s1. The topological polar surface area (TPSA) is 34.3 Å². The zero-order valence-corrected chi connectivity index (χ0v) is 20.1. The van der Waals surface area contributed by atoms with E-state index in [0.29, 0.717) is 37.1 Å². The van der Waals surface area contributed by atoms with Crippen molar-refractivity contribution in [1.82, 2.24) is 14.8 Å². The Morgan fingerprint density at radius 2 is 1.76 bits per heavy atom. The average Bonchev–Trinajstić information content (AvgIpc) is 3.15. The maximum Gasteiger partial charge on any atom is 0.401 e. The summed E-state index contributed by atoms with van der Waals surface area (Å²) in [5.74, 6) is -2.54. The number of hydrogen-bond acceptors (Lipinski definition) is 3. The number of aromatic nitrogens is 1. The predicted molar refractivity (Wildman–Crippen MR) is 127 cm³/mol. The summed E-state index contributed by atoms with van der Waals surface area (Å²) < 4.78 is 98.9. The summed E-state index contributed by atoms with van der Waals surface area (Å²) >= 11 is 0. The molecule has 0 aliphatic carbocycles. The quantitative estimate of drug-likeness (QED) is 0.373. The lowest BCUT2D eigenvalue weighted by molar-refractivity contribution is -0.155. The van der Waals surface area contributed by atoms with E-state index in [4.69, 9.17) is 0 Å². The highest BCUT2D eigenvalue weighted by Gasteiger charge is 2.44. The highest BCUT2D eigenvalue weighted by molar-refractivity contribution is 5.86. The number of benzene rings is 2. The maximum absolute atomic E-state index is 15.5. The monoisotopic (exact) mass is 528 g/mol. The number of H-pyrrole nitrogens is 1. The number of halogens is 7. The molecule has 0 unspecified atom stereocenters. The van der Waals surface area contributed by atoms with Gasteiger partial charge in [0, 0.05) is 53.5 Å². The van der Waals surface area contributed by atoms with Crippen LogP contribution in [0.25, 0.3) is 10.9 Å². The van der Waals surface area contributed by atoms with Crippen molar-refractivity contribution in [3.05, 3.63) is 64.6 Å². The van der Waals surface area contributed by atoms with Gasteiger partial charge < -0.3 is 10.3 Å². The Morgan fingerprint density at radius 3 is 2.41 bits per heavy atom. The molecular formula is C26H27F7N4. The third kappa shape index (κ3) is 5.03. The fourth-order valence-electron chi connectivity index (χ4n) is 5.62. The Bertz CT molecular complexity index is 1260. The van der Waals surface area contributed by atoms with Gasteiger partial charge in [-0.25, -0.2) is 13.2 Å². The van der Waals surface area contributed by atoms with E-state index in [1.165, 1.54) is 12.1 Å². The second kappa shape index (κ2) is 9.83. The van der Waals surface area contributed by atoms with Gasteiger partial charge in [0.15, 0.2) is 0 Å². The fourth-order valence-corrected chi connectivity index (χ4v) is 5.62. The van der Waals surface area contributed by atoms with Gasteiger partial charge >= 0.3 is 6.18 Å². The minimum absolute atomic E-state index is 0.0797. The Kier molecular flexibility index (Phi) is 6.86. The molecule has 200 valence electrons. The Labute approximate surface area is 209 Å². The molecule has 2 aliphatic heterocycles. The third-order valence-corrected chi connectivity index (χ3v) is 7.23. The molecule has 1 fully saturated rings. The Balaban J connectivity index is 1.52. The molecule has 11 heteroatoms. The van der Waals surface area contributed by atoms with Gasteiger partial charge in [-0.2, -0.15) is 13.2 Å². The largest absolute Gasteiger partial charge is 0.401 e. The van der Waals surface area contributed by atoms with Crippen LogP contribution in [0.15, 0.2) is 30.3 Å². The molecule has 37 heavy (non-hydrogen) atoms. The van der Waals surface area contributed by atoms with Gasteiger partial charge in [0.1, 0.15) is 17.5 Å². The molecule has 3 aromatic rings. The van der Waals surface area contributed by atoms with Gasteiger partial charge in [0.25, 0.3) is 0 Å². The van der Waals surface area contributed by atoms with Crippen molar-refractivity contribution < 1.29 is 30.7 Å². The molecular weight excluding hydrogens is 501 g/mol. The molecule has 2 atom stereocenters. The van der Waals surface area contributed by atoms with E-state index in [2.05, 4.69) is 10.3 Å². The van der Waals surface area contributed by atoms with E-state index < -0.39 is 54.5 Å². The van der Waals surface area contributed by atoms with Crippen molar-refractivity contribution in [1.29, 1.82) is 0 Å². The van der Waals surface area contributed by atoms with Gasteiger partial charge in [0.05, 0.1) is 25.3 Å². The summed E-state index contributed by atoms with van der Waals surface area (Å²) in [7, 11) is 0. The van der Waals surface area contributed by atoms with Crippen LogP contribution in [-0.2, 0) is 6.42 Å². The zero-order valence-electron chi connectivity index (χ0n) is 20.1. The van der Waals surface area contributed by atoms with E-state index in [1.807, 2.05) is 4.90 Å². The molecule has 0 radical (unpaired) electrons. The van der Waals surface area contributed by atoms with Crippen molar-refractivity contribution in [3.8, 4) is 0 Å². The van der Waals surface area contributed by atoms with Gasteiger partial charge in [-0.05, 0) is 49.6 Å². The van der Waals surface area contributed by atoms with E-state index in [9.17, 15) is 22.0 Å². The molecule has 4 nitrogen and oxygen atoms in total. The molecule has 0 amide bonds. The summed E-state index contributed by atoms with van der Waals surface area (Å²) in [4.78, 5) is 5.97. The summed E-state index contributed by atoms with van der Waals surface area (Å²) in [5.41, 5.74) is 0.588. The van der Waals surface area contributed by atoms with Crippen LogP contribution in [0.2, 0.25) is 0 Å². The molecule has 0 bridgehead atoms. The van der Waals surface area contributed by atoms with Crippen molar-refractivity contribution in [3.63, 3.8) is 0 Å². The number of fused-ring (bicyclic) bond motifs is 3. The Hall–Kier alpha value is -2.79. The summed E-state index contributed by atoms with van der Waals surface area (Å²) in [5, 5.41) is 3.26. The zero-order chi connectivity index (χ0) is 26.5. The molecule has 1 aromatic heterocycles. The predicted octanol–water partition coefficient (Wildman–Crippen LogP) is 5.94. The van der Waals surface area contributed by atoms with Crippen LogP contribution in [0, 0.1) is 17.5 Å². The first-order valence-electron chi connectivity index (χ1n) is 12.2. The first-order chi connectivity index (χ1) is 17.6. The summed E-state index contributed by atoms with van der Waals surface area (Å²) in [6.07, 6.45) is -4.11. The maximum atomic E-state index is 15.5. The molecule has 1 saturated heterocycles. The van der Waals surface area contributed by atoms with E-state index in [1.54, 1.807) is 13.0 Å². The lowest BCUT2D eigenvalue weighted by atomic mass is 9.88. The SMILES string of the molecule is C[C@@H]1Cc2c([nH]c3cccc(F)c23)[C@@H](c2c(F)cc(NC3CN(CCCF)C3)cc2F)N1CC(F)(F)F. The molecule has 0 saturated carbocycles. The number of aromatic amines is 1. The molecule has 2 N–H and O–H groups in total. The van der Waals surface area contributed by atoms with Crippen LogP contribution in [0.5, 0.6) is 0 Å². The van der Waals surface area contributed by atoms with Crippen LogP contribution in [0.1, 0.15) is 36.2 Å². The van der Waals surface area contributed by atoms with Crippen LogP contribution in [0.4, 0.5) is 36.4 Å². The van der Waals surface area contributed by atoms with E-state index >= 15 is 8.78 Å². The van der Waals surface area contributed by atoms with Crippen LogP contribution >= 0.6 is 0 Å². The number of anilines is 1. The number of rotatable bonds is 7. The van der Waals surface area contributed by atoms with Gasteiger partial charge in [-0.15, -0.1) is 0 Å². The summed E-state index contributed by atoms with van der Waals surface area (Å²) in [6.45, 7) is 1.52. The Morgan fingerprint density at radius 1 is 1.05 bits per heavy atom. The van der Waals surface area contributed by atoms with Crippen LogP contribution < -0.4 is 5.32 Å². The minimum Gasteiger partial charge on any atom is -0.380 e. The molecule has 2 aromatic carbocycles. The van der Waals surface area contributed by atoms with Gasteiger partial charge in [-0.1, -0.05) is 6.07 Å². The number of nitrogens with zero attached hydrogens (tertiary/aromatic N) is 2. The molecule has 3 heterocycles. The highest BCUT2D eigenvalue weighted by Crippen LogP contribution is 2.44. The van der Waals surface area contributed by atoms with E-state index in [0.717, 1.165) is 17.0 Å². The smallest absolute Gasteiger partial charge is 0.380 e. The lowest BCUT2D eigenvalue weighted by Crippen LogP contribution is -2.54. The average molecular weight is 529 g/mol. The number of alkyl halides is 4. The van der Waals surface area contributed by atoms with Crippen molar-refractivity contribution in [2.45, 2.75) is 44.1 Å². The summed E-state index contributed by atoms with van der Waals surface area (Å²) in [6, 6.07) is 4.19. The van der Waals surface area contributed by atoms with Gasteiger partial charge in [-0.3, -0.25) is 14.2 Å². The molecule has 0 spiro atoms. The molecule has 5 rings (SSSR count). The number of hydrogen-bond donors (Lipinski definition) is 2. The third-order valence-electron chi connectivity index (χ3n) is 7.23. The highest BCUT2D eigenvalue weighted by atomic mass is 19.4.